The fraction of sp³-hybridized carbons (Fsp3) is 0.282. The summed E-state index contributed by atoms with van der Waals surface area (Å²) < 4.78 is 5.12. The van der Waals surface area contributed by atoms with E-state index in [0.29, 0.717) is 38.3 Å². The van der Waals surface area contributed by atoms with Crippen LogP contribution in [0.25, 0.3) is 6.08 Å². The number of rotatable bonds is 10. The lowest BCUT2D eigenvalue weighted by Crippen LogP contribution is -2.30. The van der Waals surface area contributed by atoms with E-state index in [-0.39, 0.29) is 17.0 Å². The summed E-state index contributed by atoms with van der Waals surface area (Å²) in [6, 6.07) is 22.7. The zero-order valence-electron chi connectivity index (χ0n) is 28.6. The number of fused-ring (bicyclic) bond motifs is 1. The number of methoxy groups -OCH3 is 1. The van der Waals surface area contributed by atoms with Gasteiger partial charge in [-0.1, -0.05) is 74.8 Å². The van der Waals surface area contributed by atoms with Crippen molar-refractivity contribution in [3.63, 3.8) is 0 Å². The third kappa shape index (κ3) is 9.04. The number of esters is 1. The van der Waals surface area contributed by atoms with Gasteiger partial charge in [0.25, 0.3) is 11.8 Å². The highest BCUT2D eigenvalue weighted by atomic mass is 35.5. The minimum Gasteiger partial charge on any atom is -0.465 e. The third-order valence-electron chi connectivity index (χ3n) is 8.62. The largest absolute Gasteiger partial charge is 0.465 e. The van der Waals surface area contributed by atoms with Crippen molar-refractivity contribution in [2.24, 2.45) is 11.3 Å². The van der Waals surface area contributed by atoms with Gasteiger partial charge in [0.05, 0.1) is 17.9 Å². The molecule has 0 radical (unpaired) electrons. The Kier molecular flexibility index (Phi) is 11.9. The van der Waals surface area contributed by atoms with E-state index in [0.717, 1.165) is 34.6 Å². The third-order valence-corrected chi connectivity index (χ3v) is 11.2. The molecule has 3 aromatic carbocycles. The molecule has 5 rings (SSSR count). The molecule has 260 valence electrons. The Labute approximate surface area is 306 Å². The second kappa shape index (κ2) is 16.1. The van der Waals surface area contributed by atoms with Crippen LogP contribution in [-0.2, 0) is 27.2 Å². The number of carbonyl (C=O) groups excluding carboxylic acids is 4. The van der Waals surface area contributed by atoms with Crippen LogP contribution < -0.4 is 16.0 Å². The Bertz CT molecular complexity index is 1930. The molecule has 11 heteroatoms. The van der Waals surface area contributed by atoms with Crippen molar-refractivity contribution in [1.29, 1.82) is 0 Å². The van der Waals surface area contributed by atoms with Crippen LogP contribution in [0.5, 0.6) is 0 Å². The fourth-order valence-corrected chi connectivity index (χ4v) is 8.17. The maximum atomic E-state index is 13.6. The number of thioether (sulfide) groups is 1. The molecule has 1 aliphatic carbocycles. The first-order valence-corrected chi connectivity index (χ1v) is 18.4. The Morgan fingerprint density at radius 3 is 2.40 bits per heavy atom. The van der Waals surface area contributed by atoms with E-state index < -0.39 is 23.0 Å². The minimum absolute atomic E-state index is 0.00614. The highest BCUT2D eigenvalue weighted by Gasteiger charge is 2.34. The molecule has 50 heavy (non-hydrogen) atoms. The van der Waals surface area contributed by atoms with E-state index in [1.807, 2.05) is 6.07 Å². The van der Waals surface area contributed by atoms with E-state index >= 15 is 0 Å². The summed E-state index contributed by atoms with van der Waals surface area (Å²) in [5.74, 6) is -1.22. The zero-order chi connectivity index (χ0) is 36.0. The summed E-state index contributed by atoms with van der Waals surface area (Å²) in [4.78, 5) is 54.8. The molecule has 4 aromatic rings. The number of thiophene rings is 1. The number of amides is 3. The number of ether oxygens (including phenoxy) is 1. The van der Waals surface area contributed by atoms with E-state index in [9.17, 15) is 19.2 Å². The SMILES string of the molecule is COC(=O)c1c(NC(=O)C(C)Sc2cccc(NC(=O)/C(=C\c3ccccc3Cl)NC(=O)c3ccccc3)c2)sc2c1CCC(C(C)(C)C)C2. The highest BCUT2D eigenvalue weighted by Crippen LogP contribution is 2.44. The first kappa shape index (κ1) is 36.9. The first-order chi connectivity index (χ1) is 23.8. The lowest BCUT2D eigenvalue weighted by atomic mass is 9.72. The molecule has 1 aromatic heterocycles. The van der Waals surface area contributed by atoms with Gasteiger partial charge in [0.1, 0.15) is 10.7 Å². The van der Waals surface area contributed by atoms with Crippen LogP contribution in [0.3, 0.4) is 0 Å². The topological polar surface area (TPSA) is 114 Å². The van der Waals surface area contributed by atoms with Gasteiger partial charge >= 0.3 is 5.97 Å². The molecule has 2 unspecified atom stereocenters. The number of halogens is 1. The summed E-state index contributed by atoms with van der Waals surface area (Å²) in [5.41, 5.74) is 3.00. The lowest BCUT2D eigenvalue weighted by molar-refractivity contribution is -0.115. The molecule has 2 atom stereocenters. The van der Waals surface area contributed by atoms with Crippen LogP contribution in [0.15, 0.2) is 89.5 Å². The summed E-state index contributed by atoms with van der Waals surface area (Å²) in [6.07, 6.45) is 4.12. The van der Waals surface area contributed by atoms with Gasteiger partial charge in [0.15, 0.2) is 0 Å². The number of anilines is 2. The average Bonchev–Trinajstić information content (AvgIpc) is 3.45. The standard InChI is InChI=1S/C39H40ClN3O5S2/c1-23(34(44)43-37-33(38(47)48-5)29-19-18-26(39(2,3)4)21-32(29)50-37)49-28-16-11-15-27(22-28)41-36(46)31(20-25-14-9-10-17-30(25)40)42-35(45)24-12-7-6-8-13-24/h6-17,20,22-23,26H,18-19,21H2,1-5H3,(H,41,46)(H,42,45)(H,43,44)/b31-20+. The smallest absolute Gasteiger partial charge is 0.341 e. The van der Waals surface area contributed by atoms with E-state index in [2.05, 4.69) is 36.7 Å². The monoisotopic (exact) mass is 729 g/mol. The van der Waals surface area contributed by atoms with Crippen molar-refractivity contribution in [2.75, 3.05) is 17.7 Å². The van der Waals surface area contributed by atoms with E-state index in [1.54, 1.807) is 79.7 Å². The number of hydrogen-bond acceptors (Lipinski definition) is 7. The summed E-state index contributed by atoms with van der Waals surface area (Å²) in [6.45, 7) is 8.49. The maximum Gasteiger partial charge on any atom is 0.341 e. The van der Waals surface area contributed by atoms with Crippen molar-refractivity contribution in [2.45, 2.75) is 57.1 Å². The molecule has 0 bridgehead atoms. The highest BCUT2D eigenvalue weighted by molar-refractivity contribution is 8.00. The van der Waals surface area contributed by atoms with Crippen LogP contribution >= 0.6 is 34.7 Å². The molecule has 0 fully saturated rings. The van der Waals surface area contributed by atoms with Gasteiger partial charge in [-0.3, -0.25) is 14.4 Å². The van der Waals surface area contributed by atoms with E-state index in [4.69, 9.17) is 16.3 Å². The minimum atomic E-state index is -0.548. The summed E-state index contributed by atoms with van der Waals surface area (Å²) >= 11 is 9.14. The molecule has 1 heterocycles. The Morgan fingerprint density at radius 2 is 1.70 bits per heavy atom. The van der Waals surface area contributed by atoms with Crippen LogP contribution in [0, 0.1) is 11.3 Å². The molecule has 0 saturated heterocycles. The van der Waals surface area contributed by atoms with Crippen LogP contribution in [-0.4, -0.2) is 36.1 Å². The van der Waals surface area contributed by atoms with Gasteiger partial charge in [-0.2, -0.15) is 0 Å². The van der Waals surface area contributed by atoms with Gasteiger partial charge in [-0.05, 0) is 91.1 Å². The Morgan fingerprint density at radius 1 is 0.980 bits per heavy atom. The number of carbonyl (C=O) groups is 4. The molecule has 3 N–H and O–H groups in total. The summed E-state index contributed by atoms with van der Waals surface area (Å²) in [5, 5.41) is 9.00. The second-order valence-electron chi connectivity index (χ2n) is 13.1. The quantitative estimate of drug-likeness (QED) is 0.0854. The number of nitrogens with one attached hydrogen (secondary N) is 3. The van der Waals surface area contributed by atoms with Gasteiger partial charge < -0.3 is 20.7 Å². The fourth-order valence-electron chi connectivity index (χ4n) is 5.74. The zero-order valence-corrected chi connectivity index (χ0v) is 31.0. The molecule has 3 amide bonds. The lowest BCUT2D eigenvalue weighted by Gasteiger charge is -2.33. The van der Waals surface area contributed by atoms with Crippen LogP contribution in [0.4, 0.5) is 10.7 Å². The predicted molar refractivity (Wildman–Crippen MR) is 203 cm³/mol. The van der Waals surface area contributed by atoms with Crippen LogP contribution in [0.1, 0.15) is 70.8 Å². The first-order valence-electron chi connectivity index (χ1n) is 16.3. The van der Waals surface area contributed by atoms with Crippen molar-refractivity contribution in [3.05, 3.63) is 117 Å². The van der Waals surface area contributed by atoms with Gasteiger partial charge in [-0.25, -0.2) is 4.79 Å². The predicted octanol–water partition coefficient (Wildman–Crippen LogP) is 8.87. The Balaban J connectivity index is 1.30. The molecule has 1 aliphatic rings. The maximum absolute atomic E-state index is 13.6. The number of benzene rings is 3. The van der Waals surface area contributed by atoms with Crippen molar-refractivity contribution >= 4 is 75.2 Å². The van der Waals surface area contributed by atoms with Gasteiger partial charge in [0.2, 0.25) is 5.91 Å². The van der Waals surface area contributed by atoms with Crippen molar-refractivity contribution < 1.29 is 23.9 Å². The second-order valence-corrected chi connectivity index (χ2v) is 16.1. The Hall–Kier alpha value is -4.38. The number of hydrogen-bond donors (Lipinski definition) is 3. The molecule has 0 aliphatic heterocycles. The normalized spacial score (nSPS) is 15.0. The van der Waals surface area contributed by atoms with E-state index in [1.165, 1.54) is 36.3 Å². The van der Waals surface area contributed by atoms with Gasteiger partial charge in [-0.15, -0.1) is 23.1 Å². The molecule has 0 saturated carbocycles. The van der Waals surface area contributed by atoms with Crippen molar-refractivity contribution in [3.8, 4) is 0 Å². The van der Waals surface area contributed by atoms with Crippen LogP contribution in [0.2, 0.25) is 5.02 Å². The molecular weight excluding hydrogens is 690 g/mol. The summed E-state index contributed by atoms with van der Waals surface area (Å²) in [7, 11) is 1.36. The molecule has 0 spiro atoms. The molecular formula is C39H40ClN3O5S2. The average molecular weight is 730 g/mol. The molecule has 8 nitrogen and oxygen atoms in total. The van der Waals surface area contributed by atoms with Crippen molar-refractivity contribution in [1.82, 2.24) is 5.32 Å². The van der Waals surface area contributed by atoms with Gasteiger partial charge in [0, 0.05) is 26.0 Å².